The smallest absolute Gasteiger partial charge is 0.302 e. The van der Waals surface area contributed by atoms with Crippen LogP contribution in [0.1, 0.15) is 21.6 Å². The number of tetrazole rings is 1. The molecular weight excluding hydrogens is 429 g/mol. The van der Waals surface area contributed by atoms with Crippen LogP contribution in [-0.4, -0.2) is 31.1 Å². The highest BCUT2D eigenvalue weighted by Crippen LogP contribution is 2.30. The first-order valence-electron chi connectivity index (χ1n) is 9.10. The predicted octanol–water partition coefficient (Wildman–Crippen LogP) is 3.91. The van der Waals surface area contributed by atoms with Gasteiger partial charge >= 0.3 is 6.18 Å². The van der Waals surface area contributed by atoms with Gasteiger partial charge in [0, 0.05) is 17.5 Å². The molecule has 1 N–H and O–H groups in total. The average molecular weight is 444 g/mol. The third-order valence-electron chi connectivity index (χ3n) is 4.37. The zero-order valence-corrected chi connectivity index (χ0v) is 16.7. The number of aromatic nitrogens is 5. The Labute approximate surface area is 178 Å². The van der Waals surface area contributed by atoms with E-state index in [0.717, 1.165) is 33.8 Å². The van der Waals surface area contributed by atoms with E-state index in [4.69, 9.17) is 0 Å². The molecule has 0 bridgehead atoms. The normalized spacial score (nSPS) is 11.5. The number of carbonyl (C=O) groups excluding carboxylic acids is 1. The standard InChI is InChI=1S/C20H15F3N6OS/c21-20(22,23)15-5-1-13(2-6-15)9-17-11-24-19(31-17)26-18(30)10-14-3-7-16(8-4-14)29-12-25-27-28-29/h1-8,11-12H,9-10H2,(H,24,26,30). The molecule has 0 unspecified atom stereocenters. The first kappa shape index (κ1) is 20.7. The van der Waals surface area contributed by atoms with Crippen molar-refractivity contribution in [2.24, 2.45) is 0 Å². The summed E-state index contributed by atoms with van der Waals surface area (Å²) in [4.78, 5) is 17.3. The summed E-state index contributed by atoms with van der Waals surface area (Å²) in [5.41, 5.74) is 1.65. The summed E-state index contributed by atoms with van der Waals surface area (Å²) >= 11 is 1.29. The number of rotatable bonds is 6. The van der Waals surface area contributed by atoms with Crippen LogP contribution in [0.5, 0.6) is 0 Å². The zero-order chi connectivity index (χ0) is 21.8. The van der Waals surface area contributed by atoms with Gasteiger partial charge < -0.3 is 5.32 Å². The van der Waals surface area contributed by atoms with E-state index in [0.29, 0.717) is 11.6 Å². The molecule has 0 atom stereocenters. The maximum absolute atomic E-state index is 12.7. The Morgan fingerprint density at radius 1 is 1.03 bits per heavy atom. The summed E-state index contributed by atoms with van der Waals surface area (Å²) in [6, 6.07) is 12.3. The van der Waals surface area contributed by atoms with Gasteiger partial charge in [-0.3, -0.25) is 4.79 Å². The van der Waals surface area contributed by atoms with Gasteiger partial charge in [0.1, 0.15) is 6.33 Å². The van der Waals surface area contributed by atoms with Gasteiger partial charge in [0.15, 0.2) is 5.13 Å². The fourth-order valence-corrected chi connectivity index (χ4v) is 3.72. The number of benzene rings is 2. The van der Waals surface area contributed by atoms with Crippen molar-refractivity contribution in [2.45, 2.75) is 19.0 Å². The summed E-state index contributed by atoms with van der Waals surface area (Å²) in [5, 5.41) is 14.1. The quantitative estimate of drug-likeness (QED) is 0.487. The lowest BCUT2D eigenvalue weighted by Crippen LogP contribution is -2.14. The monoisotopic (exact) mass is 444 g/mol. The number of hydrogen-bond acceptors (Lipinski definition) is 6. The molecule has 4 rings (SSSR count). The van der Waals surface area contributed by atoms with Gasteiger partial charge in [0.05, 0.1) is 17.7 Å². The highest BCUT2D eigenvalue weighted by Gasteiger charge is 2.29. The maximum atomic E-state index is 12.7. The molecule has 1 amide bonds. The molecule has 0 radical (unpaired) electrons. The van der Waals surface area contributed by atoms with Crippen LogP contribution >= 0.6 is 11.3 Å². The summed E-state index contributed by atoms with van der Waals surface area (Å²) in [6.07, 6.45) is -0.659. The van der Waals surface area contributed by atoms with Crippen molar-refractivity contribution in [3.8, 4) is 5.69 Å². The second-order valence-corrected chi connectivity index (χ2v) is 7.76. The molecule has 0 aliphatic heterocycles. The van der Waals surface area contributed by atoms with Crippen LogP contribution in [0.15, 0.2) is 61.1 Å². The molecular formula is C20H15F3N6OS. The van der Waals surface area contributed by atoms with Gasteiger partial charge in [-0.25, -0.2) is 9.67 Å². The Morgan fingerprint density at radius 3 is 2.39 bits per heavy atom. The van der Waals surface area contributed by atoms with E-state index in [1.807, 2.05) is 24.3 Å². The molecule has 4 aromatic rings. The van der Waals surface area contributed by atoms with E-state index in [-0.39, 0.29) is 12.3 Å². The van der Waals surface area contributed by atoms with E-state index in [9.17, 15) is 18.0 Å². The molecule has 0 aliphatic rings. The van der Waals surface area contributed by atoms with Gasteiger partial charge in [-0.1, -0.05) is 24.3 Å². The summed E-state index contributed by atoms with van der Waals surface area (Å²) < 4.78 is 39.5. The maximum Gasteiger partial charge on any atom is 0.416 e. The van der Waals surface area contributed by atoms with Crippen molar-refractivity contribution < 1.29 is 18.0 Å². The fourth-order valence-electron chi connectivity index (χ4n) is 2.85. The summed E-state index contributed by atoms with van der Waals surface area (Å²) in [7, 11) is 0. The van der Waals surface area contributed by atoms with Crippen molar-refractivity contribution in [3.63, 3.8) is 0 Å². The SMILES string of the molecule is O=C(Cc1ccc(-n2cnnn2)cc1)Nc1ncc(Cc2ccc(C(F)(F)F)cc2)s1. The van der Waals surface area contributed by atoms with Crippen molar-refractivity contribution in [2.75, 3.05) is 5.32 Å². The molecule has 11 heteroatoms. The molecule has 7 nitrogen and oxygen atoms in total. The van der Waals surface area contributed by atoms with Crippen LogP contribution in [-0.2, 0) is 23.8 Å². The van der Waals surface area contributed by atoms with Crippen molar-refractivity contribution >= 4 is 22.4 Å². The molecule has 0 fully saturated rings. The third kappa shape index (κ3) is 5.31. The van der Waals surface area contributed by atoms with Gasteiger partial charge in [0.2, 0.25) is 5.91 Å². The number of thiazole rings is 1. The van der Waals surface area contributed by atoms with Crippen molar-refractivity contribution in [1.82, 2.24) is 25.2 Å². The molecule has 0 saturated heterocycles. The molecule has 2 aromatic carbocycles. The van der Waals surface area contributed by atoms with E-state index >= 15 is 0 Å². The third-order valence-corrected chi connectivity index (χ3v) is 5.29. The number of nitrogens with one attached hydrogen (secondary N) is 1. The Bertz CT molecular complexity index is 1160. The van der Waals surface area contributed by atoms with Crippen molar-refractivity contribution in [3.05, 3.63) is 82.6 Å². The van der Waals surface area contributed by atoms with Crippen LogP contribution in [0.4, 0.5) is 18.3 Å². The van der Waals surface area contributed by atoms with Crippen LogP contribution < -0.4 is 5.32 Å². The number of carbonyl (C=O) groups is 1. The van der Waals surface area contributed by atoms with Crippen LogP contribution in [0, 0.1) is 0 Å². The van der Waals surface area contributed by atoms with Crippen molar-refractivity contribution in [1.29, 1.82) is 0 Å². The first-order chi connectivity index (χ1) is 14.9. The van der Waals surface area contributed by atoms with E-state index in [1.54, 1.807) is 6.20 Å². The predicted molar refractivity (Wildman–Crippen MR) is 108 cm³/mol. The Balaban J connectivity index is 1.32. The number of alkyl halides is 3. The average Bonchev–Trinajstić information content (AvgIpc) is 3.41. The van der Waals surface area contributed by atoms with Gasteiger partial charge in [-0.15, -0.1) is 16.4 Å². The Hall–Kier alpha value is -3.60. The molecule has 31 heavy (non-hydrogen) atoms. The second-order valence-electron chi connectivity index (χ2n) is 6.65. The second kappa shape index (κ2) is 8.64. The topological polar surface area (TPSA) is 85.6 Å². The number of nitrogens with zero attached hydrogens (tertiary/aromatic N) is 5. The molecule has 2 heterocycles. The van der Waals surface area contributed by atoms with Gasteiger partial charge in [-0.05, 0) is 45.8 Å². The van der Waals surface area contributed by atoms with E-state index in [2.05, 4.69) is 25.8 Å². The van der Waals surface area contributed by atoms with Gasteiger partial charge in [0.25, 0.3) is 0 Å². The zero-order valence-electron chi connectivity index (χ0n) is 15.9. The molecule has 0 aliphatic carbocycles. The fraction of sp³-hybridized carbons (Fsp3) is 0.150. The van der Waals surface area contributed by atoms with E-state index < -0.39 is 11.7 Å². The number of hydrogen-bond donors (Lipinski definition) is 1. The Kier molecular flexibility index (Phi) is 5.76. The Morgan fingerprint density at radius 2 is 1.74 bits per heavy atom. The molecule has 0 spiro atoms. The highest BCUT2D eigenvalue weighted by atomic mass is 32.1. The summed E-state index contributed by atoms with van der Waals surface area (Å²) in [6.45, 7) is 0. The van der Waals surface area contributed by atoms with Crippen LogP contribution in [0.2, 0.25) is 0 Å². The number of halogens is 3. The lowest BCUT2D eigenvalue weighted by molar-refractivity contribution is -0.137. The largest absolute Gasteiger partial charge is 0.416 e. The molecule has 158 valence electrons. The minimum atomic E-state index is -4.35. The van der Waals surface area contributed by atoms with Gasteiger partial charge in [-0.2, -0.15) is 13.2 Å². The first-order valence-corrected chi connectivity index (χ1v) is 9.91. The summed E-state index contributed by atoms with van der Waals surface area (Å²) in [5.74, 6) is -0.217. The lowest BCUT2D eigenvalue weighted by atomic mass is 10.1. The molecule has 0 saturated carbocycles. The number of anilines is 1. The highest BCUT2D eigenvalue weighted by molar-refractivity contribution is 7.15. The lowest BCUT2D eigenvalue weighted by Gasteiger charge is -2.06. The van der Waals surface area contributed by atoms with E-state index in [1.165, 1.54) is 34.5 Å². The minimum Gasteiger partial charge on any atom is -0.302 e. The number of amides is 1. The van der Waals surface area contributed by atoms with Crippen LogP contribution in [0.3, 0.4) is 0 Å². The molecule has 2 aromatic heterocycles. The van der Waals surface area contributed by atoms with Crippen LogP contribution in [0.25, 0.3) is 5.69 Å². The minimum absolute atomic E-state index is 0.170.